The average Bonchev–Trinajstić information content (AvgIpc) is 3.05. The van der Waals surface area contributed by atoms with E-state index in [0.717, 1.165) is 4.47 Å². The molecule has 1 unspecified atom stereocenters. The first-order valence-corrected chi connectivity index (χ1v) is 10.1. The molecular weight excluding hydrogens is 446 g/mol. The van der Waals surface area contributed by atoms with Gasteiger partial charge in [-0.05, 0) is 42.0 Å². The fourth-order valence-electron chi connectivity index (χ4n) is 3.55. The Morgan fingerprint density at radius 2 is 1.57 bits per heavy atom. The van der Waals surface area contributed by atoms with Crippen molar-refractivity contribution >= 4 is 39.1 Å². The molecule has 1 amide bonds. The van der Waals surface area contributed by atoms with Crippen molar-refractivity contribution in [1.29, 1.82) is 0 Å². The Kier molecular flexibility index (Phi) is 5.42. The number of anilines is 1. The standard InChI is InChI=1S/C24H18BrNO4/c1-30-19-13-11-18(12-14-19)26-21(15-7-9-17(25)10-8-15)20(23(28)24(26)29)22(27)16-5-3-2-4-6-16/h2-14,21,27H,1H3/b22-20+. The van der Waals surface area contributed by atoms with Crippen molar-refractivity contribution in [2.75, 3.05) is 12.0 Å². The molecule has 1 aliphatic heterocycles. The molecule has 6 heteroatoms. The molecule has 5 nitrogen and oxygen atoms in total. The van der Waals surface area contributed by atoms with Crippen molar-refractivity contribution in [3.8, 4) is 5.75 Å². The van der Waals surface area contributed by atoms with Gasteiger partial charge in [-0.1, -0.05) is 58.4 Å². The van der Waals surface area contributed by atoms with Gasteiger partial charge in [0, 0.05) is 15.7 Å². The maximum Gasteiger partial charge on any atom is 0.300 e. The molecule has 0 radical (unpaired) electrons. The molecule has 1 N–H and O–H groups in total. The van der Waals surface area contributed by atoms with Crippen molar-refractivity contribution < 1.29 is 19.4 Å². The number of aliphatic hydroxyl groups excluding tert-OH is 1. The van der Waals surface area contributed by atoms with Gasteiger partial charge in [-0.2, -0.15) is 0 Å². The lowest BCUT2D eigenvalue weighted by Crippen LogP contribution is -2.29. The molecule has 4 rings (SSSR count). The molecular formula is C24H18BrNO4. The van der Waals surface area contributed by atoms with E-state index in [4.69, 9.17) is 4.74 Å². The normalized spacial score (nSPS) is 17.9. The van der Waals surface area contributed by atoms with Crippen LogP contribution in [0.4, 0.5) is 5.69 Å². The van der Waals surface area contributed by atoms with E-state index < -0.39 is 17.7 Å². The highest BCUT2D eigenvalue weighted by atomic mass is 79.9. The number of benzene rings is 3. The second-order valence-corrected chi connectivity index (χ2v) is 7.70. The van der Waals surface area contributed by atoms with Gasteiger partial charge >= 0.3 is 0 Å². The van der Waals surface area contributed by atoms with Gasteiger partial charge in [0.15, 0.2) is 0 Å². The van der Waals surface area contributed by atoms with E-state index >= 15 is 0 Å². The number of aliphatic hydroxyl groups is 1. The fraction of sp³-hybridized carbons (Fsp3) is 0.0833. The molecule has 0 spiro atoms. The predicted octanol–water partition coefficient (Wildman–Crippen LogP) is 5.08. The second kappa shape index (κ2) is 8.16. The Morgan fingerprint density at radius 1 is 0.933 bits per heavy atom. The number of halogens is 1. The Balaban J connectivity index is 1.92. The number of ether oxygens (including phenoxy) is 1. The number of rotatable bonds is 4. The molecule has 0 aromatic heterocycles. The van der Waals surface area contributed by atoms with Crippen LogP contribution < -0.4 is 9.64 Å². The second-order valence-electron chi connectivity index (χ2n) is 6.78. The highest BCUT2D eigenvalue weighted by Gasteiger charge is 2.46. The van der Waals surface area contributed by atoms with Gasteiger partial charge in [0.25, 0.3) is 11.7 Å². The number of nitrogens with zero attached hydrogens (tertiary/aromatic N) is 1. The molecule has 150 valence electrons. The molecule has 1 aliphatic rings. The molecule has 1 atom stereocenters. The van der Waals surface area contributed by atoms with E-state index in [9.17, 15) is 14.7 Å². The van der Waals surface area contributed by atoms with Crippen LogP contribution in [0.15, 0.2) is 88.9 Å². The minimum Gasteiger partial charge on any atom is -0.507 e. The van der Waals surface area contributed by atoms with Crippen molar-refractivity contribution in [2.45, 2.75) is 6.04 Å². The zero-order valence-corrected chi connectivity index (χ0v) is 17.7. The van der Waals surface area contributed by atoms with E-state index in [2.05, 4.69) is 15.9 Å². The van der Waals surface area contributed by atoms with Crippen LogP contribution >= 0.6 is 15.9 Å². The average molecular weight is 464 g/mol. The lowest BCUT2D eigenvalue weighted by Gasteiger charge is -2.25. The van der Waals surface area contributed by atoms with Gasteiger partial charge in [0.1, 0.15) is 11.5 Å². The van der Waals surface area contributed by atoms with Crippen LogP contribution in [0.25, 0.3) is 5.76 Å². The van der Waals surface area contributed by atoms with E-state index in [-0.39, 0.29) is 11.3 Å². The summed E-state index contributed by atoms with van der Waals surface area (Å²) in [5.74, 6) is -0.969. The third-order valence-electron chi connectivity index (χ3n) is 5.03. The SMILES string of the molecule is COc1ccc(N2C(=O)C(=O)/C(=C(/O)c3ccccc3)C2c2ccc(Br)cc2)cc1. The molecule has 0 aliphatic carbocycles. The van der Waals surface area contributed by atoms with Gasteiger partial charge in [0.05, 0.1) is 18.7 Å². The van der Waals surface area contributed by atoms with Gasteiger partial charge < -0.3 is 9.84 Å². The highest BCUT2D eigenvalue weighted by Crippen LogP contribution is 2.42. The van der Waals surface area contributed by atoms with Crippen LogP contribution in [-0.4, -0.2) is 23.9 Å². The number of hydrogen-bond acceptors (Lipinski definition) is 4. The number of methoxy groups -OCH3 is 1. The van der Waals surface area contributed by atoms with Crippen molar-refractivity contribution in [1.82, 2.24) is 0 Å². The van der Waals surface area contributed by atoms with Crippen LogP contribution in [0.3, 0.4) is 0 Å². The summed E-state index contributed by atoms with van der Waals surface area (Å²) in [6, 6.07) is 22.2. The quantitative estimate of drug-likeness (QED) is 0.332. The number of ketones is 1. The number of amides is 1. The highest BCUT2D eigenvalue weighted by molar-refractivity contribution is 9.10. The first-order valence-electron chi connectivity index (χ1n) is 9.27. The zero-order valence-electron chi connectivity index (χ0n) is 16.1. The van der Waals surface area contributed by atoms with Gasteiger partial charge in [-0.3, -0.25) is 14.5 Å². The van der Waals surface area contributed by atoms with Gasteiger partial charge in [0.2, 0.25) is 0 Å². The molecule has 1 fully saturated rings. The number of carbonyl (C=O) groups is 2. The number of hydrogen-bond donors (Lipinski definition) is 1. The summed E-state index contributed by atoms with van der Waals surface area (Å²) in [7, 11) is 1.56. The molecule has 3 aromatic rings. The molecule has 3 aromatic carbocycles. The van der Waals surface area contributed by atoms with Crippen molar-refractivity contribution in [3.05, 3.63) is 100 Å². The van der Waals surface area contributed by atoms with Crippen LogP contribution in [0.1, 0.15) is 17.2 Å². The maximum absolute atomic E-state index is 13.0. The van der Waals surface area contributed by atoms with Gasteiger partial charge in [-0.15, -0.1) is 0 Å². The Hall–Kier alpha value is -3.38. The van der Waals surface area contributed by atoms with Gasteiger partial charge in [-0.25, -0.2) is 0 Å². The Morgan fingerprint density at radius 3 is 2.17 bits per heavy atom. The van der Waals surface area contributed by atoms with Crippen LogP contribution in [-0.2, 0) is 9.59 Å². The molecule has 0 bridgehead atoms. The third-order valence-corrected chi connectivity index (χ3v) is 5.56. The number of carbonyl (C=O) groups excluding carboxylic acids is 2. The fourth-order valence-corrected chi connectivity index (χ4v) is 3.82. The molecule has 1 saturated heterocycles. The van der Waals surface area contributed by atoms with Crippen molar-refractivity contribution in [2.24, 2.45) is 0 Å². The van der Waals surface area contributed by atoms with E-state index in [1.807, 2.05) is 30.3 Å². The van der Waals surface area contributed by atoms with E-state index in [1.165, 1.54) is 4.90 Å². The van der Waals surface area contributed by atoms with Crippen LogP contribution in [0.2, 0.25) is 0 Å². The predicted molar refractivity (Wildman–Crippen MR) is 118 cm³/mol. The first kappa shape index (κ1) is 19.9. The molecule has 1 heterocycles. The Bertz CT molecular complexity index is 1120. The summed E-state index contributed by atoms with van der Waals surface area (Å²) in [5.41, 5.74) is 1.79. The third kappa shape index (κ3) is 3.50. The largest absolute Gasteiger partial charge is 0.507 e. The summed E-state index contributed by atoms with van der Waals surface area (Å²) in [6.45, 7) is 0. The smallest absolute Gasteiger partial charge is 0.300 e. The summed E-state index contributed by atoms with van der Waals surface area (Å²) in [5, 5.41) is 11.0. The lowest BCUT2D eigenvalue weighted by atomic mass is 9.95. The summed E-state index contributed by atoms with van der Waals surface area (Å²) < 4.78 is 6.07. The monoisotopic (exact) mass is 463 g/mol. The maximum atomic E-state index is 13.0. The van der Waals surface area contributed by atoms with Crippen molar-refractivity contribution in [3.63, 3.8) is 0 Å². The minimum atomic E-state index is -0.758. The zero-order chi connectivity index (χ0) is 21.3. The summed E-state index contributed by atoms with van der Waals surface area (Å²) in [6.07, 6.45) is 0. The minimum absolute atomic E-state index is 0.0596. The topological polar surface area (TPSA) is 66.8 Å². The molecule has 0 saturated carbocycles. The van der Waals surface area contributed by atoms with E-state index in [1.54, 1.807) is 55.6 Å². The van der Waals surface area contributed by atoms with E-state index in [0.29, 0.717) is 22.6 Å². The Labute approximate surface area is 182 Å². The van der Waals surface area contributed by atoms with Crippen LogP contribution in [0, 0.1) is 0 Å². The first-order chi connectivity index (χ1) is 14.5. The molecule has 30 heavy (non-hydrogen) atoms. The number of Topliss-reactive ketones (excluding diaryl/α,β-unsaturated/α-hetero) is 1. The van der Waals surface area contributed by atoms with Crippen LogP contribution in [0.5, 0.6) is 5.75 Å². The summed E-state index contributed by atoms with van der Waals surface area (Å²) in [4.78, 5) is 27.5. The summed E-state index contributed by atoms with van der Waals surface area (Å²) >= 11 is 3.41. The lowest BCUT2D eigenvalue weighted by molar-refractivity contribution is -0.132.